The van der Waals surface area contributed by atoms with E-state index in [9.17, 15) is 4.79 Å². The minimum absolute atomic E-state index is 0.154. The van der Waals surface area contributed by atoms with Crippen molar-refractivity contribution in [2.24, 2.45) is 0 Å². The molecule has 0 aliphatic carbocycles. The molecule has 31 heavy (non-hydrogen) atoms. The summed E-state index contributed by atoms with van der Waals surface area (Å²) >= 11 is 2.96. The summed E-state index contributed by atoms with van der Waals surface area (Å²) in [6.07, 6.45) is 3.61. The van der Waals surface area contributed by atoms with Gasteiger partial charge in [-0.25, -0.2) is 4.98 Å². The molecule has 1 aromatic carbocycles. The number of aromatic nitrogens is 6. The highest BCUT2D eigenvalue weighted by molar-refractivity contribution is 7.98. The van der Waals surface area contributed by atoms with Gasteiger partial charge in [-0.05, 0) is 45.2 Å². The third-order valence-electron chi connectivity index (χ3n) is 5.30. The molecule has 0 N–H and O–H groups in total. The molecule has 0 spiro atoms. The van der Waals surface area contributed by atoms with Crippen LogP contribution in [-0.2, 0) is 5.75 Å². The molecule has 4 aromatic rings. The second-order valence-electron chi connectivity index (χ2n) is 7.69. The van der Waals surface area contributed by atoms with Gasteiger partial charge in [0.1, 0.15) is 5.01 Å². The van der Waals surface area contributed by atoms with Crippen LogP contribution >= 0.6 is 23.1 Å². The Kier molecular flexibility index (Phi) is 5.49. The highest BCUT2D eigenvalue weighted by Gasteiger charge is 2.22. The average Bonchev–Trinajstić information content (AvgIpc) is 3.37. The van der Waals surface area contributed by atoms with E-state index in [0.717, 1.165) is 40.6 Å². The van der Waals surface area contributed by atoms with E-state index in [4.69, 9.17) is 0 Å². The molecule has 3 aromatic heterocycles. The summed E-state index contributed by atoms with van der Waals surface area (Å²) in [6.45, 7) is 5.95. The van der Waals surface area contributed by atoms with Gasteiger partial charge in [0.05, 0.1) is 11.4 Å². The smallest absolute Gasteiger partial charge is 0.275 e. The molecule has 0 saturated carbocycles. The summed E-state index contributed by atoms with van der Waals surface area (Å²) in [6, 6.07) is 9.97. The van der Waals surface area contributed by atoms with E-state index < -0.39 is 0 Å². The van der Waals surface area contributed by atoms with E-state index in [0.29, 0.717) is 10.7 Å². The lowest BCUT2D eigenvalue weighted by Gasteiger charge is -2.27. The van der Waals surface area contributed by atoms with Crippen LogP contribution in [0, 0.1) is 13.8 Å². The van der Waals surface area contributed by atoms with Crippen LogP contribution in [0.3, 0.4) is 0 Å². The molecule has 5 rings (SSSR count). The molecule has 160 valence electrons. The zero-order chi connectivity index (χ0) is 21.4. The van der Waals surface area contributed by atoms with Gasteiger partial charge in [-0.1, -0.05) is 40.8 Å². The topological polar surface area (TPSA) is 81.2 Å². The van der Waals surface area contributed by atoms with Gasteiger partial charge in [0.15, 0.2) is 5.16 Å². The van der Waals surface area contributed by atoms with Gasteiger partial charge in [-0.2, -0.15) is 9.61 Å². The molecule has 1 aliphatic heterocycles. The maximum Gasteiger partial charge on any atom is 0.275 e. The van der Waals surface area contributed by atoms with E-state index in [1.807, 2.05) is 6.92 Å². The fraction of sp³-hybridized carbons (Fsp3) is 0.381. The number of aryl methyl sites for hydroxylation is 2. The van der Waals surface area contributed by atoms with Crippen molar-refractivity contribution < 1.29 is 0 Å². The first-order chi connectivity index (χ1) is 15.1. The number of anilines is 1. The number of nitrogens with zero attached hydrogens (tertiary/aromatic N) is 7. The standard InChI is InChI=1S/C21H23N7OS2/c1-14-6-8-17(9-7-14)27-19(26-10-4-3-5-11-26)23-24-21(27)30-13-16-12-18(29)28-20(22-16)31-15(2)25-28/h6-9,12H,3-5,10-11,13H2,1-2H3. The number of rotatable bonds is 5. The highest BCUT2D eigenvalue weighted by atomic mass is 32.2. The van der Waals surface area contributed by atoms with E-state index >= 15 is 0 Å². The van der Waals surface area contributed by atoms with Crippen LogP contribution in [0.5, 0.6) is 0 Å². The molecule has 8 nitrogen and oxygen atoms in total. The maximum absolute atomic E-state index is 12.4. The fourth-order valence-corrected chi connectivity index (χ4v) is 5.34. The van der Waals surface area contributed by atoms with Crippen LogP contribution in [0.15, 0.2) is 40.3 Å². The Bertz CT molecular complexity index is 1270. The van der Waals surface area contributed by atoms with Crippen LogP contribution < -0.4 is 10.5 Å². The van der Waals surface area contributed by atoms with E-state index in [-0.39, 0.29) is 5.56 Å². The van der Waals surface area contributed by atoms with Crippen LogP contribution in [-0.4, -0.2) is 42.5 Å². The summed E-state index contributed by atoms with van der Waals surface area (Å²) in [7, 11) is 0. The van der Waals surface area contributed by atoms with Crippen LogP contribution in [0.25, 0.3) is 10.6 Å². The Morgan fingerprint density at radius 3 is 2.61 bits per heavy atom. The minimum atomic E-state index is -0.154. The summed E-state index contributed by atoms with van der Waals surface area (Å²) in [5.41, 5.74) is 2.82. The summed E-state index contributed by atoms with van der Waals surface area (Å²) < 4.78 is 3.48. The maximum atomic E-state index is 12.4. The van der Waals surface area contributed by atoms with Crippen molar-refractivity contribution in [3.63, 3.8) is 0 Å². The monoisotopic (exact) mass is 453 g/mol. The van der Waals surface area contributed by atoms with Crippen molar-refractivity contribution >= 4 is 34.0 Å². The molecule has 0 unspecified atom stereocenters. The molecule has 0 radical (unpaired) electrons. The molecule has 1 aliphatic rings. The molecule has 0 atom stereocenters. The van der Waals surface area contributed by atoms with E-state index in [2.05, 4.69) is 60.9 Å². The van der Waals surface area contributed by atoms with Gasteiger partial charge in [0, 0.05) is 24.9 Å². The minimum Gasteiger partial charge on any atom is -0.341 e. The Morgan fingerprint density at radius 2 is 1.84 bits per heavy atom. The number of piperidine rings is 1. The third-order valence-corrected chi connectivity index (χ3v) is 7.08. The fourth-order valence-electron chi connectivity index (χ4n) is 3.74. The van der Waals surface area contributed by atoms with Gasteiger partial charge in [0.2, 0.25) is 10.9 Å². The zero-order valence-corrected chi connectivity index (χ0v) is 19.1. The molecule has 0 bridgehead atoms. The van der Waals surface area contributed by atoms with E-state index in [1.165, 1.54) is 40.7 Å². The number of hydrogen-bond acceptors (Lipinski definition) is 8. The largest absolute Gasteiger partial charge is 0.341 e. The molecule has 4 heterocycles. The Morgan fingerprint density at radius 1 is 1.06 bits per heavy atom. The molecule has 10 heteroatoms. The lowest BCUT2D eigenvalue weighted by Crippen LogP contribution is -2.31. The SMILES string of the molecule is Cc1ccc(-n2c(SCc3cc(=O)n4nc(C)sc4n3)nnc2N2CCCCC2)cc1. The lowest BCUT2D eigenvalue weighted by molar-refractivity contribution is 0.564. The number of hydrogen-bond donors (Lipinski definition) is 0. The first-order valence-electron chi connectivity index (χ1n) is 10.3. The van der Waals surface area contributed by atoms with Crippen LogP contribution in [0.2, 0.25) is 0 Å². The van der Waals surface area contributed by atoms with Gasteiger partial charge < -0.3 is 4.90 Å². The van der Waals surface area contributed by atoms with Gasteiger partial charge in [-0.3, -0.25) is 9.36 Å². The van der Waals surface area contributed by atoms with Crippen molar-refractivity contribution in [3.8, 4) is 5.69 Å². The second kappa shape index (κ2) is 8.43. The lowest BCUT2D eigenvalue weighted by atomic mass is 10.1. The molecule has 0 amide bonds. The molecular weight excluding hydrogens is 430 g/mol. The number of thioether (sulfide) groups is 1. The molecule has 1 fully saturated rings. The van der Waals surface area contributed by atoms with Gasteiger partial charge in [-0.15, -0.1) is 10.2 Å². The highest BCUT2D eigenvalue weighted by Crippen LogP contribution is 2.30. The number of benzene rings is 1. The Balaban J connectivity index is 1.48. The second-order valence-corrected chi connectivity index (χ2v) is 9.79. The summed E-state index contributed by atoms with van der Waals surface area (Å²) in [4.78, 5) is 19.9. The average molecular weight is 454 g/mol. The summed E-state index contributed by atoms with van der Waals surface area (Å²) in [5.74, 6) is 1.42. The predicted molar refractivity (Wildman–Crippen MR) is 124 cm³/mol. The van der Waals surface area contributed by atoms with Crippen molar-refractivity contribution in [1.29, 1.82) is 0 Å². The molecule has 1 saturated heterocycles. The first kappa shape index (κ1) is 20.2. The predicted octanol–water partition coefficient (Wildman–Crippen LogP) is 3.63. The van der Waals surface area contributed by atoms with Crippen LogP contribution in [0.1, 0.15) is 35.5 Å². The van der Waals surface area contributed by atoms with Gasteiger partial charge in [0.25, 0.3) is 5.56 Å². The van der Waals surface area contributed by atoms with Crippen LogP contribution in [0.4, 0.5) is 5.95 Å². The summed E-state index contributed by atoms with van der Waals surface area (Å²) in [5, 5.41) is 14.9. The van der Waals surface area contributed by atoms with Crippen molar-refractivity contribution in [1.82, 2.24) is 29.4 Å². The quantitative estimate of drug-likeness (QED) is 0.427. The third kappa shape index (κ3) is 4.09. The normalized spacial score (nSPS) is 14.5. The first-order valence-corrected chi connectivity index (χ1v) is 12.2. The Hall–Kier alpha value is -2.72. The van der Waals surface area contributed by atoms with Gasteiger partial charge >= 0.3 is 0 Å². The Labute approximate surface area is 188 Å². The van der Waals surface area contributed by atoms with Crippen molar-refractivity contribution in [3.05, 3.63) is 57.0 Å². The zero-order valence-electron chi connectivity index (χ0n) is 17.5. The van der Waals surface area contributed by atoms with E-state index in [1.54, 1.807) is 17.8 Å². The van der Waals surface area contributed by atoms with Crippen molar-refractivity contribution in [2.45, 2.75) is 44.0 Å². The van der Waals surface area contributed by atoms with Crippen molar-refractivity contribution in [2.75, 3.05) is 18.0 Å². The molecular formula is C21H23N7OS2. The number of fused-ring (bicyclic) bond motifs is 1.